The molecule has 2 amide bonds. The number of hydrogen-bond acceptors (Lipinski definition) is 3. The molecule has 0 saturated carbocycles. The molecule has 6 heteroatoms. The molecule has 3 N–H and O–H groups in total. The van der Waals surface area contributed by atoms with Gasteiger partial charge in [0.15, 0.2) is 0 Å². The number of carbonyl (C=O) groups excluding carboxylic acids is 1. The minimum absolute atomic E-state index is 0.0968. The van der Waals surface area contributed by atoms with Crippen LogP contribution in [0.1, 0.15) is 19.3 Å². The van der Waals surface area contributed by atoms with Crippen LogP contribution in [0, 0.1) is 5.92 Å². The minimum Gasteiger partial charge on any atom is -0.481 e. The van der Waals surface area contributed by atoms with Gasteiger partial charge >= 0.3 is 12.0 Å². The van der Waals surface area contributed by atoms with Gasteiger partial charge in [-0.3, -0.25) is 4.79 Å². The van der Waals surface area contributed by atoms with Gasteiger partial charge in [-0.2, -0.15) is 11.8 Å². The number of carboxylic acids is 1. The third kappa shape index (κ3) is 5.85. The number of rotatable bonds is 6. The van der Waals surface area contributed by atoms with Crippen LogP contribution in [0.3, 0.4) is 0 Å². The summed E-state index contributed by atoms with van der Waals surface area (Å²) in [5, 5.41) is 13.8. The molecule has 1 aliphatic heterocycles. The Hall–Kier alpha value is -0.910. The van der Waals surface area contributed by atoms with Gasteiger partial charge in [0.05, 0.1) is 0 Å². The van der Waals surface area contributed by atoms with Crippen molar-refractivity contribution in [1.29, 1.82) is 0 Å². The van der Waals surface area contributed by atoms with Crippen LogP contribution < -0.4 is 10.6 Å². The number of aliphatic carboxylic acids is 1. The van der Waals surface area contributed by atoms with Crippen molar-refractivity contribution in [3.8, 4) is 0 Å². The van der Waals surface area contributed by atoms with E-state index in [1.807, 2.05) is 11.8 Å². The molecule has 0 bridgehead atoms. The Morgan fingerprint density at radius 1 is 1.38 bits per heavy atom. The van der Waals surface area contributed by atoms with Crippen molar-refractivity contribution in [2.45, 2.75) is 19.3 Å². The van der Waals surface area contributed by atoms with Crippen molar-refractivity contribution < 1.29 is 14.7 Å². The van der Waals surface area contributed by atoms with Gasteiger partial charge in [0.2, 0.25) is 0 Å². The van der Waals surface area contributed by atoms with Crippen molar-refractivity contribution in [3.05, 3.63) is 0 Å². The maximum atomic E-state index is 11.3. The van der Waals surface area contributed by atoms with E-state index >= 15 is 0 Å². The second-order valence-electron chi connectivity index (χ2n) is 3.86. The fourth-order valence-corrected chi connectivity index (χ4v) is 2.77. The average molecular weight is 246 g/mol. The molecule has 1 atom stereocenters. The first kappa shape index (κ1) is 13.2. The van der Waals surface area contributed by atoms with Gasteiger partial charge in [0.25, 0.3) is 0 Å². The molecule has 0 aromatic carbocycles. The van der Waals surface area contributed by atoms with Crippen LogP contribution in [0.25, 0.3) is 0 Å². The zero-order valence-corrected chi connectivity index (χ0v) is 10.0. The monoisotopic (exact) mass is 246 g/mol. The molecule has 92 valence electrons. The van der Waals surface area contributed by atoms with E-state index in [0.29, 0.717) is 18.9 Å². The summed E-state index contributed by atoms with van der Waals surface area (Å²) < 4.78 is 0. The number of carboxylic acid groups (broad SMARTS) is 1. The van der Waals surface area contributed by atoms with Gasteiger partial charge in [-0.25, -0.2) is 4.79 Å². The Balaban J connectivity index is 1.95. The summed E-state index contributed by atoms with van der Waals surface area (Å²) >= 11 is 1.92. The lowest BCUT2D eigenvalue weighted by Crippen LogP contribution is -2.38. The maximum absolute atomic E-state index is 11.3. The summed E-state index contributed by atoms with van der Waals surface area (Å²) in [5.41, 5.74) is 0. The first-order valence-corrected chi connectivity index (χ1v) is 6.65. The van der Waals surface area contributed by atoms with Crippen molar-refractivity contribution in [1.82, 2.24) is 10.6 Å². The fourth-order valence-electron chi connectivity index (χ4n) is 1.49. The summed E-state index contributed by atoms with van der Waals surface area (Å²) in [6.45, 7) is 1.13. The molecule has 1 fully saturated rings. The van der Waals surface area contributed by atoms with E-state index in [1.54, 1.807) is 0 Å². The highest BCUT2D eigenvalue weighted by atomic mass is 32.2. The number of amides is 2. The molecule has 0 radical (unpaired) electrons. The van der Waals surface area contributed by atoms with Crippen LogP contribution in [0.4, 0.5) is 4.79 Å². The van der Waals surface area contributed by atoms with Crippen LogP contribution in [-0.2, 0) is 4.79 Å². The van der Waals surface area contributed by atoms with Crippen LogP contribution in [0.2, 0.25) is 0 Å². The van der Waals surface area contributed by atoms with E-state index in [9.17, 15) is 9.59 Å². The Morgan fingerprint density at radius 2 is 2.19 bits per heavy atom. The molecule has 0 aliphatic carbocycles. The Bertz CT molecular complexity index is 242. The lowest BCUT2D eigenvalue weighted by molar-refractivity contribution is -0.137. The zero-order chi connectivity index (χ0) is 11.8. The molecule has 0 aromatic heterocycles. The van der Waals surface area contributed by atoms with Crippen LogP contribution in [-0.4, -0.2) is 41.7 Å². The van der Waals surface area contributed by atoms with Gasteiger partial charge in [-0.05, 0) is 30.3 Å². The van der Waals surface area contributed by atoms with Crippen molar-refractivity contribution in [2.75, 3.05) is 24.6 Å². The van der Waals surface area contributed by atoms with Crippen LogP contribution in [0.5, 0.6) is 0 Å². The van der Waals surface area contributed by atoms with Gasteiger partial charge in [-0.1, -0.05) is 0 Å². The lowest BCUT2D eigenvalue weighted by atomic mass is 10.1. The molecule has 16 heavy (non-hydrogen) atoms. The van der Waals surface area contributed by atoms with Gasteiger partial charge < -0.3 is 15.7 Å². The topological polar surface area (TPSA) is 78.4 Å². The molecule has 1 heterocycles. The quantitative estimate of drug-likeness (QED) is 0.609. The Morgan fingerprint density at radius 3 is 2.81 bits per heavy atom. The summed E-state index contributed by atoms with van der Waals surface area (Å²) in [6.07, 6.45) is 1.74. The van der Waals surface area contributed by atoms with E-state index in [-0.39, 0.29) is 12.5 Å². The number of nitrogens with one attached hydrogen (secondary N) is 2. The smallest absolute Gasteiger partial charge is 0.314 e. The van der Waals surface area contributed by atoms with Crippen molar-refractivity contribution in [2.24, 2.45) is 5.92 Å². The molecule has 1 aliphatic rings. The van der Waals surface area contributed by atoms with E-state index in [4.69, 9.17) is 5.11 Å². The zero-order valence-electron chi connectivity index (χ0n) is 9.20. The first-order chi connectivity index (χ1) is 7.68. The average Bonchev–Trinajstić information content (AvgIpc) is 2.74. The van der Waals surface area contributed by atoms with E-state index in [2.05, 4.69) is 10.6 Å². The third-order valence-corrected chi connectivity index (χ3v) is 3.66. The van der Waals surface area contributed by atoms with E-state index in [0.717, 1.165) is 12.3 Å². The number of urea groups is 1. The summed E-state index contributed by atoms with van der Waals surface area (Å²) in [4.78, 5) is 21.5. The summed E-state index contributed by atoms with van der Waals surface area (Å²) in [7, 11) is 0. The molecule has 0 aromatic rings. The second kappa shape index (κ2) is 7.38. The normalized spacial score (nSPS) is 19.4. The fraction of sp³-hybridized carbons (Fsp3) is 0.800. The minimum atomic E-state index is -0.829. The van der Waals surface area contributed by atoms with Crippen molar-refractivity contribution >= 4 is 23.8 Å². The highest BCUT2D eigenvalue weighted by molar-refractivity contribution is 7.99. The summed E-state index contributed by atoms with van der Waals surface area (Å²) in [5.74, 6) is 2.08. The lowest BCUT2D eigenvalue weighted by Gasteiger charge is -2.10. The predicted octanol–water partition coefficient (Wildman–Crippen LogP) is 0.904. The van der Waals surface area contributed by atoms with Gasteiger partial charge in [0.1, 0.15) is 0 Å². The SMILES string of the molecule is O=C(O)CCCNC(=O)NCC1CCSC1. The molecule has 1 unspecified atom stereocenters. The van der Waals surface area contributed by atoms with Crippen LogP contribution >= 0.6 is 11.8 Å². The number of thioether (sulfide) groups is 1. The van der Waals surface area contributed by atoms with Gasteiger partial charge in [-0.15, -0.1) is 0 Å². The highest BCUT2D eigenvalue weighted by Gasteiger charge is 2.15. The standard InChI is InChI=1S/C10H18N2O3S/c13-9(14)2-1-4-11-10(15)12-6-8-3-5-16-7-8/h8H,1-7H2,(H,13,14)(H2,11,12,15). The third-order valence-electron chi connectivity index (χ3n) is 2.43. The Kier molecular flexibility index (Phi) is 6.07. The molecule has 0 spiro atoms. The summed E-state index contributed by atoms with van der Waals surface area (Å²) in [6, 6.07) is -0.192. The number of hydrogen-bond donors (Lipinski definition) is 3. The molecule has 1 rings (SSSR count). The Labute approximate surface area is 99.4 Å². The molecule has 5 nitrogen and oxygen atoms in total. The number of carbonyl (C=O) groups is 2. The highest BCUT2D eigenvalue weighted by Crippen LogP contribution is 2.22. The molecular weight excluding hydrogens is 228 g/mol. The molecule has 1 saturated heterocycles. The van der Waals surface area contributed by atoms with E-state index < -0.39 is 5.97 Å². The predicted molar refractivity (Wildman–Crippen MR) is 63.7 cm³/mol. The van der Waals surface area contributed by atoms with Crippen molar-refractivity contribution in [3.63, 3.8) is 0 Å². The maximum Gasteiger partial charge on any atom is 0.314 e. The largest absolute Gasteiger partial charge is 0.481 e. The second-order valence-corrected chi connectivity index (χ2v) is 5.01. The molecular formula is C10H18N2O3S. The van der Waals surface area contributed by atoms with Gasteiger partial charge in [0, 0.05) is 19.5 Å². The van der Waals surface area contributed by atoms with E-state index in [1.165, 1.54) is 12.2 Å². The van der Waals surface area contributed by atoms with Crippen LogP contribution in [0.15, 0.2) is 0 Å². The first-order valence-electron chi connectivity index (χ1n) is 5.49.